The average molecular weight is 129 g/mol. The van der Waals surface area contributed by atoms with E-state index in [0.29, 0.717) is 0 Å². The van der Waals surface area contributed by atoms with Gasteiger partial charge in [-0.3, -0.25) is 0 Å². The minimum absolute atomic E-state index is 0.845. The topological polar surface area (TPSA) is 12.4 Å². The zero-order chi connectivity index (χ0) is 5.98. The van der Waals surface area contributed by atoms with Crippen LogP contribution in [-0.4, -0.2) is 11.5 Å². The SMILES string of the molecule is CC1=NSCC(C)C1. The van der Waals surface area contributed by atoms with Crippen molar-refractivity contribution in [3.63, 3.8) is 0 Å². The van der Waals surface area contributed by atoms with Crippen molar-refractivity contribution in [2.24, 2.45) is 10.3 Å². The zero-order valence-corrected chi connectivity index (χ0v) is 6.16. The Kier molecular flexibility index (Phi) is 1.95. The van der Waals surface area contributed by atoms with Crippen LogP contribution < -0.4 is 0 Å². The summed E-state index contributed by atoms with van der Waals surface area (Å²) in [5.74, 6) is 2.05. The van der Waals surface area contributed by atoms with Crippen LogP contribution in [0.1, 0.15) is 20.3 Å². The Balaban J connectivity index is 2.45. The third kappa shape index (κ3) is 1.51. The smallest absolute Gasteiger partial charge is 0.0234 e. The fraction of sp³-hybridized carbons (Fsp3) is 0.833. The van der Waals surface area contributed by atoms with E-state index in [-0.39, 0.29) is 0 Å². The molecule has 1 nitrogen and oxygen atoms in total. The molecule has 1 aliphatic heterocycles. The average Bonchev–Trinajstić information content (AvgIpc) is 1.64. The molecule has 0 radical (unpaired) electrons. The molecule has 0 saturated heterocycles. The van der Waals surface area contributed by atoms with Gasteiger partial charge in [0, 0.05) is 11.5 Å². The molecule has 0 saturated carbocycles. The summed E-state index contributed by atoms with van der Waals surface area (Å²) >= 11 is 1.70. The molecule has 1 aliphatic rings. The molecule has 0 aromatic heterocycles. The van der Waals surface area contributed by atoms with Crippen LogP contribution in [0.3, 0.4) is 0 Å². The van der Waals surface area contributed by atoms with E-state index >= 15 is 0 Å². The molecule has 8 heavy (non-hydrogen) atoms. The van der Waals surface area contributed by atoms with Crippen molar-refractivity contribution in [1.29, 1.82) is 0 Å². The number of hydrogen-bond acceptors (Lipinski definition) is 2. The van der Waals surface area contributed by atoms with E-state index in [1.54, 1.807) is 11.9 Å². The Hall–Kier alpha value is 0.0200. The number of hydrogen-bond donors (Lipinski definition) is 0. The summed E-state index contributed by atoms with van der Waals surface area (Å²) in [6, 6.07) is 0. The Morgan fingerprint density at radius 1 is 1.75 bits per heavy atom. The Bertz CT molecular complexity index is 109. The molecule has 0 spiro atoms. The molecule has 0 aliphatic carbocycles. The van der Waals surface area contributed by atoms with E-state index in [2.05, 4.69) is 18.2 Å². The van der Waals surface area contributed by atoms with Crippen LogP contribution in [0.4, 0.5) is 0 Å². The third-order valence-corrected chi connectivity index (χ3v) is 2.38. The standard InChI is InChI=1S/C6H11NS/c1-5-3-6(2)7-8-4-5/h5H,3-4H2,1-2H3. The van der Waals surface area contributed by atoms with Crippen molar-refractivity contribution in [2.75, 3.05) is 5.75 Å². The van der Waals surface area contributed by atoms with Crippen LogP contribution in [0.25, 0.3) is 0 Å². The van der Waals surface area contributed by atoms with Gasteiger partial charge in [0.25, 0.3) is 0 Å². The van der Waals surface area contributed by atoms with Crippen LogP contribution >= 0.6 is 11.9 Å². The lowest BCUT2D eigenvalue weighted by atomic mass is 10.1. The lowest BCUT2D eigenvalue weighted by Crippen LogP contribution is -2.08. The second-order valence-corrected chi connectivity index (χ2v) is 3.21. The maximum absolute atomic E-state index is 4.21. The van der Waals surface area contributed by atoms with E-state index in [1.807, 2.05) is 0 Å². The maximum Gasteiger partial charge on any atom is 0.0234 e. The summed E-state index contributed by atoms with van der Waals surface area (Å²) in [6.45, 7) is 4.37. The van der Waals surface area contributed by atoms with Crippen molar-refractivity contribution in [1.82, 2.24) is 0 Å². The molecular formula is C6H11NS. The van der Waals surface area contributed by atoms with Gasteiger partial charge in [-0.05, 0) is 31.2 Å². The van der Waals surface area contributed by atoms with Crippen molar-refractivity contribution in [3.05, 3.63) is 0 Å². The second-order valence-electron chi connectivity index (χ2n) is 2.43. The fourth-order valence-corrected chi connectivity index (χ4v) is 1.62. The van der Waals surface area contributed by atoms with Crippen LogP contribution in [0.2, 0.25) is 0 Å². The molecule has 0 bridgehead atoms. The Morgan fingerprint density at radius 2 is 2.50 bits per heavy atom. The molecule has 1 heterocycles. The van der Waals surface area contributed by atoms with Crippen molar-refractivity contribution in [3.8, 4) is 0 Å². The molecule has 46 valence electrons. The lowest BCUT2D eigenvalue weighted by Gasteiger charge is -2.13. The van der Waals surface area contributed by atoms with Gasteiger partial charge in [0.05, 0.1) is 0 Å². The molecule has 0 N–H and O–H groups in total. The number of rotatable bonds is 0. The van der Waals surface area contributed by atoms with Crippen molar-refractivity contribution < 1.29 is 0 Å². The highest BCUT2D eigenvalue weighted by atomic mass is 32.2. The molecule has 0 aromatic rings. The first kappa shape index (κ1) is 6.14. The highest BCUT2D eigenvalue weighted by Gasteiger charge is 2.08. The van der Waals surface area contributed by atoms with E-state index in [0.717, 1.165) is 5.92 Å². The van der Waals surface area contributed by atoms with Crippen molar-refractivity contribution in [2.45, 2.75) is 20.3 Å². The molecule has 1 atom stereocenters. The first-order valence-electron chi connectivity index (χ1n) is 2.94. The molecule has 0 aromatic carbocycles. The monoisotopic (exact) mass is 129 g/mol. The van der Waals surface area contributed by atoms with Crippen LogP contribution in [-0.2, 0) is 0 Å². The van der Waals surface area contributed by atoms with Gasteiger partial charge in [0.1, 0.15) is 0 Å². The minimum Gasteiger partial charge on any atom is -0.226 e. The summed E-state index contributed by atoms with van der Waals surface area (Å²) in [5, 5.41) is 0. The van der Waals surface area contributed by atoms with Crippen LogP contribution in [0, 0.1) is 5.92 Å². The largest absolute Gasteiger partial charge is 0.226 e. The van der Waals surface area contributed by atoms with Gasteiger partial charge >= 0.3 is 0 Å². The highest BCUT2D eigenvalue weighted by molar-refractivity contribution is 7.98. The fourth-order valence-electron chi connectivity index (χ4n) is 0.875. The first-order chi connectivity index (χ1) is 3.79. The Morgan fingerprint density at radius 3 is 2.88 bits per heavy atom. The van der Waals surface area contributed by atoms with Gasteiger partial charge in [-0.15, -0.1) is 0 Å². The van der Waals surface area contributed by atoms with E-state index in [4.69, 9.17) is 0 Å². The van der Waals surface area contributed by atoms with Gasteiger partial charge in [0.15, 0.2) is 0 Å². The van der Waals surface area contributed by atoms with Gasteiger partial charge in [-0.2, -0.15) is 0 Å². The summed E-state index contributed by atoms with van der Waals surface area (Å²) in [6.07, 6.45) is 1.20. The molecule has 2 heteroatoms. The predicted molar refractivity (Wildman–Crippen MR) is 39.3 cm³/mol. The van der Waals surface area contributed by atoms with Crippen LogP contribution in [0.15, 0.2) is 4.40 Å². The van der Waals surface area contributed by atoms with E-state index in [1.165, 1.54) is 17.9 Å². The summed E-state index contributed by atoms with van der Waals surface area (Å²) in [7, 11) is 0. The Labute approximate surface area is 54.7 Å². The normalized spacial score (nSPS) is 29.8. The van der Waals surface area contributed by atoms with Gasteiger partial charge in [-0.1, -0.05) is 6.92 Å². The molecule has 0 amide bonds. The maximum atomic E-state index is 4.21. The van der Waals surface area contributed by atoms with Gasteiger partial charge < -0.3 is 0 Å². The minimum atomic E-state index is 0.845. The predicted octanol–water partition coefficient (Wildman–Crippen LogP) is 2.14. The second kappa shape index (κ2) is 2.53. The molecule has 1 rings (SSSR count). The quantitative estimate of drug-likeness (QED) is 0.456. The molecular weight excluding hydrogens is 118 g/mol. The van der Waals surface area contributed by atoms with Gasteiger partial charge in [0.2, 0.25) is 0 Å². The number of nitrogens with zero attached hydrogens (tertiary/aromatic N) is 1. The summed E-state index contributed by atoms with van der Waals surface area (Å²) in [5.41, 5.74) is 1.30. The third-order valence-electron chi connectivity index (χ3n) is 1.22. The summed E-state index contributed by atoms with van der Waals surface area (Å²) in [4.78, 5) is 0. The van der Waals surface area contributed by atoms with E-state index in [9.17, 15) is 0 Å². The lowest BCUT2D eigenvalue weighted by molar-refractivity contribution is 0.690. The first-order valence-corrected chi connectivity index (χ1v) is 3.88. The molecule has 1 unspecified atom stereocenters. The summed E-state index contributed by atoms with van der Waals surface area (Å²) < 4.78 is 4.21. The molecule has 0 fully saturated rings. The van der Waals surface area contributed by atoms with Crippen LogP contribution in [0.5, 0.6) is 0 Å². The zero-order valence-electron chi connectivity index (χ0n) is 5.35. The highest BCUT2D eigenvalue weighted by Crippen LogP contribution is 2.19. The van der Waals surface area contributed by atoms with E-state index < -0.39 is 0 Å². The van der Waals surface area contributed by atoms with Gasteiger partial charge in [-0.25, -0.2) is 4.40 Å². The van der Waals surface area contributed by atoms with Crippen molar-refractivity contribution >= 4 is 17.7 Å².